The van der Waals surface area contributed by atoms with Crippen LogP contribution in [-0.4, -0.2) is 9.97 Å². The van der Waals surface area contributed by atoms with E-state index in [0.29, 0.717) is 0 Å². The number of benzene rings is 6. The predicted octanol–water partition coefficient (Wildman–Crippen LogP) is 13.9. The summed E-state index contributed by atoms with van der Waals surface area (Å²) < 4.78 is 12.5. The number of para-hydroxylation sites is 1. The summed E-state index contributed by atoms with van der Waals surface area (Å²) >= 11 is 0. The van der Waals surface area contributed by atoms with Crippen molar-refractivity contribution in [3.63, 3.8) is 0 Å². The molecular weight excluding hydrogens is 685 g/mol. The van der Waals surface area contributed by atoms with Gasteiger partial charge < -0.3 is 9.47 Å². The fourth-order valence-electron chi connectivity index (χ4n) is 6.95. The zero-order valence-corrected chi connectivity index (χ0v) is 30.8. The Balaban J connectivity index is 1.12. The number of nitrogens with zero attached hydrogens (tertiary/aromatic N) is 2. The van der Waals surface area contributed by atoms with Crippen LogP contribution in [0.5, 0.6) is 17.2 Å². The van der Waals surface area contributed by atoms with E-state index >= 15 is 0 Å². The Kier molecular flexibility index (Phi) is 9.83. The molecule has 9 rings (SSSR count). The number of pyridine rings is 2. The number of aromatic nitrogens is 2. The minimum absolute atomic E-state index is 0.756. The van der Waals surface area contributed by atoms with Gasteiger partial charge in [0, 0.05) is 22.3 Å². The second kappa shape index (κ2) is 16.0. The SMILES string of the molecule is C1=CC(Oc2cccc(-c3cc(-c4cccc(-c5cc(-c6ccccc6)nc(-c6cccc(Oc7ccccc7)c6)c5)c4)cc(-c4ccccc4)n3)c2)=CCC1. The zero-order chi connectivity index (χ0) is 37.5. The number of hydrogen-bond acceptors (Lipinski definition) is 4. The van der Waals surface area contributed by atoms with Crippen molar-refractivity contribution in [3.8, 4) is 84.5 Å². The standard InChI is InChI=1S/C52H38N2O2/c1-5-16-37(17-6-1)49-33-43(35-51(53-49)41-22-14-28-47(31-41)55-45-24-9-3-10-25-45)39-20-13-21-40(30-39)44-34-50(38-18-7-2-8-19-38)54-52(36-44)42-23-15-29-48(32-42)56-46-26-11-4-12-27-46/h1-3,5-11,13-36H,4,12H2. The van der Waals surface area contributed by atoms with Gasteiger partial charge in [-0.2, -0.15) is 0 Å². The van der Waals surface area contributed by atoms with Gasteiger partial charge in [-0.05, 0) is 114 Å². The Morgan fingerprint density at radius 2 is 0.750 bits per heavy atom. The van der Waals surface area contributed by atoms with E-state index in [9.17, 15) is 0 Å². The first-order valence-electron chi connectivity index (χ1n) is 18.9. The summed E-state index contributed by atoms with van der Waals surface area (Å²) in [6.45, 7) is 0. The van der Waals surface area contributed by atoms with Gasteiger partial charge in [-0.15, -0.1) is 0 Å². The maximum absolute atomic E-state index is 6.26. The molecule has 1 aliphatic rings. The lowest BCUT2D eigenvalue weighted by molar-refractivity contribution is 0.439. The van der Waals surface area contributed by atoms with Gasteiger partial charge in [0.2, 0.25) is 0 Å². The van der Waals surface area contributed by atoms with Crippen LogP contribution in [0, 0.1) is 0 Å². The maximum atomic E-state index is 6.26. The van der Waals surface area contributed by atoms with Gasteiger partial charge in [0.15, 0.2) is 0 Å². The fourth-order valence-corrected chi connectivity index (χ4v) is 6.95. The molecule has 0 N–H and O–H groups in total. The van der Waals surface area contributed by atoms with E-state index in [1.54, 1.807) is 0 Å². The normalized spacial score (nSPS) is 12.2. The molecule has 4 nitrogen and oxygen atoms in total. The van der Waals surface area contributed by atoms with Crippen molar-refractivity contribution in [2.45, 2.75) is 12.8 Å². The third kappa shape index (κ3) is 7.96. The van der Waals surface area contributed by atoms with Crippen molar-refractivity contribution in [1.82, 2.24) is 9.97 Å². The molecule has 0 bridgehead atoms. The molecule has 268 valence electrons. The van der Waals surface area contributed by atoms with E-state index in [4.69, 9.17) is 19.4 Å². The van der Waals surface area contributed by atoms with Crippen LogP contribution in [0.25, 0.3) is 67.3 Å². The predicted molar refractivity (Wildman–Crippen MR) is 228 cm³/mol. The van der Waals surface area contributed by atoms with Crippen LogP contribution in [0.4, 0.5) is 0 Å². The van der Waals surface area contributed by atoms with Crippen LogP contribution < -0.4 is 9.47 Å². The highest BCUT2D eigenvalue weighted by atomic mass is 16.5. The number of allylic oxidation sites excluding steroid dienone is 3. The molecule has 56 heavy (non-hydrogen) atoms. The molecule has 0 saturated carbocycles. The number of rotatable bonds is 10. The highest BCUT2D eigenvalue weighted by Crippen LogP contribution is 2.36. The van der Waals surface area contributed by atoms with Crippen LogP contribution in [0.15, 0.2) is 212 Å². The fraction of sp³-hybridized carbons (Fsp3) is 0.0385. The average Bonchev–Trinajstić information content (AvgIpc) is 3.28. The van der Waals surface area contributed by atoms with Gasteiger partial charge in [0.05, 0.1) is 22.8 Å². The Labute approximate surface area is 327 Å². The third-order valence-electron chi connectivity index (χ3n) is 9.75. The topological polar surface area (TPSA) is 44.2 Å². The summed E-state index contributed by atoms with van der Waals surface area (Å²) in [6.07, 6.45) is 8.36. The molecule has 0 unspecified atom stereocenters. The molecule has 1 aliphatic carbocycles. The monoisotopic (exact) mass is 722 g/mol. The summed E-state index contributed by atoms with van der Waals surface area (Å²) in [5, 5.41) is 0. The Bertz CT molecular complexity index is 2690. The first-order chi connectivity index (χ1) is 27.7. The van der Waals surface area contributed by atoms with Gasteiger partial charge in [0.1, 0.15) is 23.0 Å². The smallest absolute Gasteiger partial charge is 0.128 e. The summed E-state index contributed by atoms with van der Waals surface area (Å²) in [4.78, 5) is 10.4. The number of ether oxygens (including phenoxy) is 2. The lowest BCUT2D eigenvalue weighted by atomic mass is 9.95. The molecule has 0 fully saturated rings. The van der Waals surface area contributed by atoms with Crippen LogP contribution in [-0.2, 0) is 0 Å². The van der Waals surface area contributed by atoms with Crippen molar-refractivity contribution in [3.05, 3.63) is 212 Å². The van der Waals surface area contributed by atoms with Gasteiger partial charge in [0.25, 0.3) is 0 Å². The average molecular weight is 723 g/mol. The van der Waals surface area contributed by atoms with Gasteiger partial charge in [-0.3, -0.25) is 0 Å². The van der Waals surface area contributed by atoms with Gasteiger partial charge in [-0.25, -0.2) is 9.97 Å². The minimum Gasteiger partial charge on any atom is -0.458 e. The summed E-state index contributed by atoms with van der Waals surface area (Å²) in [5.41, 5.74) is 11.9. The molecular formula is C52H38N2O2. The molecule has 0 amide bonds. The maximum Gasteiger partial charge on any atom is 0.128 e. The zero-order valence-electron chi connectivity index (χ0n) is 30.8. The molecule has 0 radical (unpaired) electrons. The van der Waals surface area contributed by atoms with Crippen LogP contribution in [0.3, 0.4) is 0 Å². The van der Waals surface area contributed by atoms with Crippen molar-refractivity contribution in [2.75, 3.05) is 0 Å². The molecule has 0 atom stereocenters. The molecule has 0 spiro atoms. The van der Waals surface area contributed by atoms with Crippen molar-refractivity contribution in [1.29, 1.82) is 0 Å². The van der Waals surface area contributed by atoms with E-state index in [-0.39, 0.29) is 0 Å². The van der Waals surface area contributed by atoms with Crippen LogP contribution >= 0.6 is 0 Å². The molecule has 4 heteroatoms. The second-order valence-electron chi connectivity index (χ2n) is 13.7. The minimum atomic E-state index is 0.756. The molecule has 6 aromatic carbocycles. The van der Waals surface area contributed by atoms with Crippen molar-refractivity contribution >= 4 is 0 Å². The quantitative estimate of drug-likeness (QED) is 0.141. The van der Waals surface area contributed by atoms with E-state index in [0.717, 1.165) is 103 Å². The van der Waals surface area contributed by atoms with E-state index in [1.165, 1.54) is 0 Å². The van der Waals surface area contributed by atoms with E-state index in [1.807, 2.05) is 72.8 Å². The third-order valence-corrected chi connectivity index (χ3v) is 9.75. The highest BCUT2D eigenvalue weighted by molar-refractivity contribution is 5.82. The Morgan fingerprint density at radius 3 is 1.27 bits per heavy atom. The van der Waals surface area contributed by atoms with Crippen molar-refractivity contribution < 1.29 is 9.47 Å². The highest BCUT2D eigenvalue weighted by Gasteiger charge is 2.14. The van der Waals surface area contributed by atoms with Gasteiger partial charge in [-0.1, -0.05) is 127 Å². The summed E-state index contributed by atoms with van der Waals surface area (Å²) in [6, 6.07) is 64.3. The first kappa shape index (κ1) is 34.5. The molecule has 0 aliphatic heterocycles. The summed E-state index contributed by atoms with van der Waals surface area (Å²) in [7, 11) is 0. The van der Waals surface area contributed by atoms with Crippen LogP contribution in [0.2, 0.25) is 0 Å². The largest absolute Gasteiger partial charge is 0.458 e. The Hall–Kier alpha value is -7.30. The first-order valence-corrected chi connectivity index (χ1v) is 18.9. The second-order valence-corrected chi connectivity index (χ2v) is 13.7. The van der Waals surface area contributed by atoms with Gasteiger partial charge >= 0.3 is 0 Å². The lowest BCUT2D eigenvalue weighted by Crippen LogP contribution is -1.96. The van der Waals surface area contributed by atoms with E-state index < -0.39 is 0 Å². The lowest BCUT2D eigenvalue weighted by Gasteiger charge is -2.14. The van der Waals surface area contributed by atoms with E-state index in [2.05, 4.69) is 133 Å². The molecule has 8 aromatic rings. The summed E-state index contributed by atoms with van der Waals surface area (Å²) in [5.74, 6) is 3.21. The number of hydrogen-bond donors (Lipinski definition) is 0. The van der Waals surface area contributed by atoms with Crippen LogP contribution in [0.1, 0.15) is 12.8 Å². The van der Waals surface area contributed by atoms with Crippen molar-refractivity contribution in [2.24, 2.45) is 0 Å². The molecule has 2 heterocycles. The molecule has 0 saturated heterocycles. The molecule has 2 aromatic heterocycles. The Morgan fingerprint density at radius 1 is 0.321 bits per heavy atom.